The molecule has 0 radical (unpaired) electrons. The molecule has 0 aliphatic heterocycles. The highest BCUT2D eigenvalue weighted by atomic mass is 79.9. The third-order valence-corrected chi connectivity index (χ3v) is 3.83. The van der Waals surface area contributed by atoms with Gasteiger partial charge in [-0.3, -0.25) is 0 Å². The number of rotatable bonds is 6. The van der Waals surface area contributed by atoms with Crippen molar-refractivity contribution in [2.75, 3.05) is 6.54 Å². The predicted molar refractivity (Wildman–Crippen MR) is 82.6 cm³/mol. The van der Waals surface area contributed by atoms with Crippen LogP contribution in [0.4, 0.5) is 0 Å². The van der Waals surface area contributed by atoms with E-state index in [0.717, 1.165) is 34.4 Å². The Hall–Kier alpha value is -0.770. The van der Waals surface area contributed by atoms with E-state index < -0.39 is 0 Å². The average molecular weight is 343 g/mol. The smallest absolute Gasteiger partial charge is 0.0935 e. The van der Waals surface area contributed by atoms with E-state index in [0.29, 0.717) is 0 Å². The molecule has 19 heavy (non-hydrogen) atoms. The molecule has 1 unspecified atom stereocenters. The summed E-state index contributed by atoms with van der Waals surface area (Å²) < 4.78 is 6.18. The zero-order valence-electron chi connectivity index (χ0n) is 10.8. The van der Waals surface area contributed by atoms with Crippen molar-refractivity contribution in [1.82, 2.24) is 5.32 Å². The number of furan rings is 1. The Morgan fingerprint density at radius 2 is 2.21 bits per heavy atom. The molecule has 2 rings (SSSR count). The number of nitrogens with one attached hydrogen (secondary N) is 1. The molecule has 0 bridgehead atoms. The highest BCUT2D eigenvalue weighted by Gasteiger charge is 2.15. The van der Waals surface area contributed by atoms with Crippen molar-refractivity contribution >= 4 is 27.5 Å². The fourth-order valence-electron chi connectivity index (χ4n) is 2.04. The van der Waals surface area contributed by atoms with Gasteiger partial charge < -0.3 is 9.73 Å². The first-order chi connectivity index (χ1) is 9.20. The lowest BCUT2D eigenvalue weighted by Crippen LogP contribution is -2.24. The normalized spacial score (nSPS) is 12.6. The van der Waals surface area contributed by atoms with Gasteiger partial charge in [0.15, 0.2) is 0 Å². The molecule has 1 aromatic carbocycles. The van der Waals surface area contributed by atoms with E-state index in [1.807, 2.05) is 18.2 Å². The summed E-state index contributed by atoms with van der Waals surface area (Å²) in [6.07, 6.45) is 5.45. The molecule has 0 amide bonds. The van der Waals surface area contributed by atoms with Gasteiger partial charge in [0, 0.05) is 15.5 Å². The van der Waals surface area contributed by atoms with Gasteiger partial charge in [0.2, 0.25) is 0 Å². The van der Waals surface area contributed by atoms with Crippen LogP contribution in [0.25, 0.3) is 0 Å². The maximum Gasteiger partial charge on any atom is 0.0935 e. The maximum atomic E-state index is 6.33. The quantitative estimate of drug-likeness (QED) is 0.801. The summed E-state index contributed by atoms with van der Waals surface area (Å²) in [5, 5.41) is 4.34. The van der Waals surface area contributed by atoms with Gasteiger partial charge in [-0.25, -0.2) is 0 Å². The van der Waals surface area contributed by atoms with E-state index in [-0.39, 0.29) is 6.04 Å². The predicted octanol–water partition coefficient (Wildman–Crippen LogP) is 4.98. The Kier molecular flexibility index (Phi) is 5.49. The van der Waals surface area contributed by atoms with Gasteiger partial charge in [0.25, 0.3) is 0 Å². The van der Waals surface area contributed by atoms with Gasteiger partial charge in [-0.15, -0.1) is 0 Å². The number of benzene rings is 1. The van der Waals surface area contributed by atoms with E-state index in [1.165, 1.54) is 5.56 Å². The van der Waals surface area contributed by atoms with Crippen LogP contribution in [0.3, 0.4) is 0 Å². The second kappa shape index (κ2) is 7.13. The van der Waals surface area contributed by atoms with Crippen molar-refractivity contribution in [1.29, 1.82) is 0 Å². The van der Waals surface area contributed by atoms with Crippen molar-refractivity contribution in [3.05, 3.63) is 57.4 Å². The van der Waals surface area contributed by atoms with Crippen molar-refractivity contribution in [2.24, 2.45) is 0 Å². The molecular formula is C15H17BrClNO. The maximum absolute atomic E-state index is 6.33. The molecule has 102 valence electrons. The van der Waals surface area contributed by atoms with E-state index >= 15 is 0 Å². The van der Waals surface area contributed by atoms with Crippen LogP contribution in [-0.4, -0.2) is 6.54 Å². The Labute approximate surface area is 127 Å². The van der Waals surface area contributed by atoms with Crippen LogP contribution in [0, 0.1) is 0 Å². The van der Waals surface area contributed by atoms with E-state index in [4.69, 9.17) is 16.0 Å². The molecule has 0 saturated heterocycles. The first-order valence-corrected chi connectivity index (χ1v) is 7.57. The molecule has 1 atom stereocenters. The molecular weight excluding hydrogens is 326 g/mol. The lowest BCUT2D eigenvalue weighted by molar-refractivity contribution is 0.520. The largest absolute Gasteiger partial charge is 0.472 e. The zero-order valence-corrected chi connectivity index (χ0v) is 13.2. The van der Waals surface area contributed by atoms with Crippen LogP contribution in [0.5, 0.6) is 0 Å². The van der Waals surface area contributed by atoms with Crippen LogP contribution >= 0.6 is 27.5 Å². The molecule has 0 fully saturated rings. The summed E-state index contributed by atoms with van der Waals surface area (Å²) >= 11 is 9.83. The summed E-state index contributed by atoms with van der Waals surface area (Å²) in [7, 11) is 0. The van der Waals surface area contributed by atoms with Gasteiger partial charge in [-0.05, 0) is 54.8 Å². The van der Waals surface area contributed by atoms with Crippen LogP contribution in [0.1, 0.15) is 30.5 Å². The molecule has 0 saturated carbocycles. The van der Waals surface area contributed by atoms with Crippen molar-refractivity contribution in [2.45, 2.75) is 25.8 Å². The Morgan fingerprint density at radius 3 is 2.89 bits per heavy atom. The van der Waals surface area contributed by atoms with Gasteiger partial charge in [0.05, 0.1) is 12.5 Å². The molecule has 2 nitrogen and oxygen atoms in total. The van der Waals surface area contributed by atoms with Gasteiger partial charge in [0.1, 0.15) is 0 Å². The minimum Gasteiger partial charge on any atom is -0.472 e. The third kappa shape index (κ3) is 4.10. The summed E-state index contributed by atoms with van der Waals surface area (Å²) in [6.45, 7) is 3.12. The molecule has 0 aliphatic carbocycles. The summed E-state index contributed by atoms with van der Waals surface area (Å²) in [5.41, 5.74) is 2.29. The lowest BCUT2D eigenvalue weighted by Gasteiger charge is -2.20. The summed E-state index contributed by atoms with van der Waals surface area (Å²) in [4.78, 5) is 0. The SMILES string of the molecule is CCCNC(Cc1ccoc1)c1cc(Br)ccc1Cl. The fraction of sp³-hybridized carbons (Fsp3) is 0.333. The van der Waals surface area contributed by atoms with Crippen LogP contribution in [0.15, 0.2) is 45.7 Å². The van der Waals surface area contributed by atoms with E-state index in [2.05, 4.69) is 34.2 Å². The molecule has 0 spiro atoms. The first kappa shape index (κ1) is 14.6. The number of halogens is 2. The molecule has 2 aromatic rings. The molecule has 1 N–H and O–H groups in total. The van der Waals surface area contributed by atoms with Crippen molar-refractivity contribution in [3.63, 3.8) is 0 Å². The number of hydrogen-bond donors (Lipinski definition) is 1. The summed E-state index contributed by atoms with van der Waals surface area (Å²) in [5.74, 6) is 0. The Balaban J connectivity index is 2.23. The van der Waals surface area contributed by atoms with Gasteiger partial charge in [-0.1, -0.05) is 34.5 Å². The lowest BCUT2D eigenvalue weighted by atomic mass is 10.0. The summed E-state index contributed by atoms with van der Waals surface area (Å²) in [6, 6.07) is 8.15. The van der Waals surface area contributed by atoms with Crippen LogP contribution < -0.4 is 5.32 Å². The second-order valence-corrected chi connectivity index (χ2v) is 5.83. The first-order valence-electron chi connectivity index (χ1n) is 6.40. The molecule has 0 aliphatic rings. The minimum absolute atomic E-state index is 0.197. The molecule has 1 aromatic heterocycles. The third-order valence-electron chi connectivity index (χ3n) is 2.99. The van der Waals surface area contributed by atoms with E-state index in [9.17, 15) is 0 Å². The highest BCUT2D eigenvalue weighted by Crippen LogP contribution is 2.29. The molecule has 4 heteroatoms. The number of hydrogen-bond acceptors (Lipinski definition) is 2. The highest BCUT2D eigenvalue weighted by molar-refractivity contribution is 9.10. The van der Waals surface area contributed by atoms with Crippen LogP contribution in [0.2, 0.25) is 5.02 Å². The van der Waals surface area contributed by atoms with Crippen molar-refractivity contribution < 1.29 is 4.42 Å². The van der Waals surface area contributed by atoms with E-state index in [1.54, 1.807) is 12.5 Å². The Morgan fingerprint density at radius 1 is 1.37 bits per heavy atom. The minimum atomic E-state index is 0.197. The Bertz CT molecular complexity index is 513. The standard InChI is InChI=1S/C15H17BrClNO/c1-2-6-18-15(8-11-5-7-19-10-11)13-9-12(16)3-4-14(13)17/h3-5,7,9-10,15,18H,2,6,8H2,1H3. The van der Waals surface area contributed by atoms with Crippen molar-refractivity contribution in [3.8, 4) is 0 Å². The second-order valence-electron chi connectivity index (χ2n) is 4.51. The molecule has 1 heterocycles. The fourth-order valence-corrected chi connectivity index (χ4v) is 2.66. The van der Waals surface area contributed by atoms with Gasteiger partial charge in [-0.2, -0.15) is 0 Å². The van der Waals surface area contributed by atoms with Gasteiger partial charge >= 0.3 is 0 Å². The van der Waals surface area contributed by atoms with Crippen LogP contribution in [-0.2, 0) is 6.42 Å². The zero-order chi connectivity index (χ0) is 13.7. The monoisotopic (exact) mass is 341 g/mol. The average Bonchev–Trinajstić information content (AvgIpc) is 2.90. The topological polar surface area (TPSA) is 25.2 Å².